The number of unbranched alkanes of at least 4 members (excludes halogenated alkanes) is 1. The molecular weight excluding hydrogens is 256 g/mol. The van der Waals surface area contributed by atoms with E-state index in [1.165, 1.54) is 11.8 Å². The molecule has 4 N–H and O–H groups in total. The maximum absolute atomic E-state index is 9.95. The van der Waals surface area contributed by atoms with Gasteiger partial charge in [-0.25, -0.2) is 0 Å². The van der Waals surface area contributed by atoms with Crippen molar-refractivity contribution in [3.63, 3.8) is 0 Å². The molecule has 7 heteroatoms. The van der Waals surface area contributed by atoms with Crippen LogP contribution in [-0.2, 0) is 4.74 Å². The van der Waals surface area contributed by atoms with Crippen LogP contribution >= 0.6 is 11.8 Å². The molecule has 0 spiro atoms. The first kappa shape index (κ1) is 14.1. The second kappa shape index (κ2) is 6.21. The van der Waals surface area contributed by atoms with E-state index in [9.17, 15) is 10.2 Å². The number of fused-ring (bicyclic) bond motifs is 1. The summed E-state index contributed by atoms with van der Waals surface area (Å²) in [6.45, 7) is 2.64. The molecule has 0 aromatic carbocycles. The number of thioether (sulfide) groups is 1. The number of nitrogens with one attached hydrogen (secondary N) is 1. The van der Waals surface area contributed by atoms with Crippen LogP contribution in [0.5, 0.6) is 0 Å². The highest BCUT2D eigenvalue weighted by Crippen LogP contribution is 2.35. The predicted molar refractivity (Wildman–Crippen MR) is 69.5 cm³/mol. The lowest BCUT2D eigenvalue weighted by molar-refractivity contribution is -0.164. The fraction of sp³-hybridized carbons (Fsp3) is 0.909. The Labute approximate surface area is 110 Å². The summed E-state index contributed by atoms with van der Waals surface area (Å²) in [5.74, 6) is 0. The first-order valence-corrected chi connectivity index (χ1v) is 7.16. The number of aliphatic hydroxyl groups excluding tert-OH is 3. The number of aliphatic imine (C=N–C) groups is 1. The van der Waals surface area contributed by atoms with Gasteiger partial charge < -0.3 is 25.4 Å². The number of rotatable bonds is 4. The van der Waals surface area contributed by atoms with E-state index in [2.05, 4.69) is 17.2 Å². The molecule has 2 aliphatic rings. The normalized spacial score (nSPS) is 39.3. The van der Waals surface area contributed by atoms with E-state index in [1.54, 1.807) is 0 Å². The third kappa shape index (κ3) is 2.80. The van der Waals surface area contributed by atoms with Crippen molar-refractivity contribution in [2.24, 2.45) is 4.99 Å². The van der Waals surface area contributed by atoms with Gasteiger partial charge in [0.2, 0.25) is 0 Å². The summed E-state index contributed by atoms with van der Waals surface area (Å²) >= 11 is 1.40. The minimum Gasteiger partial charge on any atom is -0.394 e. The first-order chi connectivity index (χ1) is 8.67. The number of hydrogen-bond donors (Lipinski definition) is 4. The Bertz CT molecular complexity index is 315. The van der Waals surface area contributed by atoms with Crippen LogP contribution in [0.2, 0.25) is 0 Å². The molecule has 0 aliphatic carbocycles. The lowest BCUT2D eigenvalue weighted by Gasteiger charge is -2.37. The van der Waals surface area contributed by atoms with Crippen molar-refractivity contribution in [3.05, 3.63) is 0 Å². The quantitative estimate of drug-likeness (QED) is 0.507. The molecule has 0 amide bonds. The molecule has 5 atom stereocenters. The lowest BCUT2D eigenvalue weighted by atomic mass is 9.99. The van der Waals surface area contributed by atoms with Gasteiger partial charge in [0.1, 0.15) is 29.8 Å². The lowest BCUT2D eigenvalue weighted by Crippen LogP contribution is -2.55. The standard InChI is InChI=1S/C11H20N2O4S/c1-2-3-4-12-11-13-7-9(16)8(15)6(5-14)17-10(7)18-11/h6-10,14-16H,2-5H2,1H3,(H,12,13)/t6-,7?,8-,9-,10?/m1/s1. The average Bonchev–Trinajstić information content (AvgIpc) is 2.77. The molecule has 2 heterocycles. The van der Waals surface area contributed by atoms with Crippen LogP contribution in [0.4, 0.5) is 0 Å². The number of aliphatic hydroxyl groups is 3. The minimum absolute atomic E-state index is 0.305. The highest BCUT2D eigenvalue weighted by molar-refractivity contribution is 8.14. The zero-order chi connectivity index (χ0) is 13.1. The van der Waals surface area contributed by atoms with E-state index in [0.717, 1.165) is 24.6 Å². The molecule has 2 unspecified atom stereocenters. The fourth-order valence-corrected chi connectivity index (χ4v) is 3.18. The van der Waals surface area contributed by atoms with E-state index < -0.39 is 24.4 Å². The number of nitrogens with zero attached hydrogens (tertiary/aromatic N) is 1. The van der Waals surface area contributed by atoms with E-state index in [1.807, 2.05) is 0 Å². The van der Waals surface area contributed by atoms with Crippen molar-refractivity contribution in [2.75, 3.05) is 13.2 Å². The van der Waals surface area contributed by atoms with Crippen molar-refractivity contribution >= 4 is 16.9 Å². The Balaban J connectivity index is 1.95. The summed E-state index contributed by atoms with van der Waals surface area (Å²) in [5.41, 5.74) is -0.329. The van der Waals surface area contributed by atoms with Gasteiger partial charge in [-0.1, -0.05) is 25.1 Å². The molecule has 1 fully saturated rings. The predicted octanol–water partition coefficient (Wildman–Crippen LogP) is -0.714. The summed E-state index contributed by atoms with van der Waals surface area (Å²) in [6.07, 6.45) is -0.656. The van der Waals surface area contributed by atoms with Gasteiger partial charge in [0, 0.05) is 6.54 Å². The summed E-state index contributed by atoms with van der Waals surface area (Å²) in [6, 6.07) is -0.461. The maximum Gasteiger partial charge on any atom is 0.159 e. The van der Waals surface area contributed by atoms with Crippen molar-refractivity contribution in [1.29, 1.82) is 0 Å². The fourth-order valence-electron chi connectivity index (χ4n) is 2.04. The SMILES string of the molecule is CCCCNC1=NC2C(O[C@H](CO)[C@@H](O)[C@@H]2O)S1. The van der Waals surface area contributed by atoms with Gasteiger partial charge in [-0.05, 0) is 6.42 Å². The van der Waals surface area contributed by atoms with E-state index in [4.69, 9.17) is 9.84 Å². The molecule has 2 aliphatic heterocycles. The maximum atomic E-state index is 9.95. The molecule has 0 aromatic heterocycles. The third-order valence-corrected chi connectivity index (χ3v) is 4.24. The van der Waals surface area contributed by atoms with Gasteiger partial charge in [-0.2, -0.15) is 0 Å². The van der Waals surface area contributed by atoms with Crippen LogP contribution in [0.25, 0.3) is 0 Å². The molecule has 104 valence electrons. The largest absolute Gasteiger partial charge is 0.394 e. The Morgan fingerprint density at radius 3 is 2.83 bits per heavy atom. The van der Waals surface area contributed by atoms with Gasteiger partial charge in [-0.3, -0.25) is 4.99 Å². The van der Waals surface area contributed by atoms with Crippen molar-refractivity contribution in [3.8, 4) is 0 Å². The Kier molecular flexibility index (Phi) is 4.85. The third-order valence-electron chi connectivity index (χ3n) is 3.15. The number of ether oxygens (including phenoxy) is 1. The first-order valence-electron chi connectivity index (χ1n) is 6.28. The smallest absolute Gasteiger partial charge is 0.159 e. The highest BCUT2D eigenvalue weighted by atomic mass is 32.2. The second-order valence-corrected chi connectivity index (χ2v) is 5.62. The Morgan fingerprint density at radius 2 is 2.17 bits per heavy atom. The summed E-state index contributed by atoms with van der Waals surface area (Å²) in [5, 5.41) is 32.7. The summed E-state index contributed by atoms with van der Waals surface area (Å²) in [7, 11) is 0. The summed E-state index contributed by atoms with van der Waals surface area (Å²) in [4.78, 5) is 4.33. The molecule has 0 saturated carbocycles. The van der Waals surface area contributed by atoms with Gasteiger partial charge >= 0.3 is 0 Å². The zero-order valence-corrected chi connectivity index (χ0v) is 11.1. The molecule has 2 rings (SSSR count). The molecule has 18 heavy (non-hydrogen) atoms. The van der Waals surface area contributed by atoms with Crippen LogP contribution < -0.4 is 5.32 Å². The molecule has 6 nitrogen and oxygen atoms in total. The minimum atomic E-state index is -1.09. The molecule has 0 aromatic rings. The van der Waals surface area contributed by atoms with Gasteiger partial charge in [0.05, 0.1) is 6.61 Å². The average molecular weight is 276 g/mol. The highest BCUT2D eigenvalue weighted by Gasteiger charge is 2.47. The van der Waals surface area contributed by atoms with E-state index in [-0.39, 0.29) is 12.0 Å². The molecule has 0 bridgehead atoms. The molecule has 1 saturated heterocycles. The van der Waals surface area contributed by atoms with Gasteiger partial charge in [-0.15, -0.1) is 0 Å². The van der Waals surface area contributed by atoms with Crippen molar-refractivity contribution in [2.45, 2.75) is 49.6 Å². The Morgan fingerprint density at radius 1 is 1.39 bits per heavy atom. The number of hydrogen-bond acceptors (Lipinski definition) is 7. The monoisotopic (exact) mass is 276 g/mol. The van der Waals surface area contributed by atoms with Gasteiger partial charge in [0.15, 0.2) is 5.17 Å². The van der Waals surface area contributed by atoms with Crippen molar-refractivity contribution in [1.82, 2.24) is 5.32 Å². The van der Waals surface area contributed by atoms with Crippen LogP contribution in [0.15, 0.2) is 4.99 Å². The van der Waals surface area contributed by atoms with Gasteiger partial charge in [0.25, 0.3) is 0 Å². The molecular formula is C11H20N2O4S. The van der Waals surface area contributed by atoms with E-state index in [0.29, 0.717) is 0 Å². The van der Waals surface area contributed by atoms with Crippen molar-refractivity contribution < 1.29 is 20.1 Å². The topological polar surface area (TPSA) is 94.3 Å². The van der Waals surface area contributed by atoms with E-state index >= 15 is 0 Å². The zero-order valence-electron chi connectivity index (χ0n) is 10.3. The second-order valence-electron chi connectivity index (χ2n) is 4.53. The van der Waals surface area contributed by atoms with Crippen LogP contribution in [0.3, 0.4) is 0 Å². The van der Waals surface area contributed by atoms with Crippen LogP contribution in [-0.4, -0.2) is 63.4 Å². The molecule has 0 radical (unpaired) electrons. The van der Waals surface area contributed by atoms with Crippen LogP contribution in [0.1, 0.15) is 19.8 Å². The summed E-state index contributed by atoms with van der Waals surface area (Å²) < 4.78 is 5.53. The van der Waals surface area contributed by atoms with Crippen LogP contribution in [0, 0.1) is 0 Å². The number of amidine groups is 1. The Hall–Kier alpha value is -0.340.